The molecule has 0 saturated heterocycles. The van der Waals surface area contributed by atoms with Crippen LogP contribution in [0, 0.1) is 0 Å². The summed E-state index contributed by atoms with van der Waals surface area (Å²) in [6.45, 7) is 0. The Labute approximate surface area is 103 Å². The lowest BCUT2D eigenvalue weighted by molar-refractivity contribution is -0.137. The second-order valence-electron chi connectivity index (χ2n) is 3.00. The zero-order valence-corrected chi connectivity index (χ0v) is 9.96. The van der Waals surface area contributed by atoms with E-state index >= 15 is 0 Å². The summed E-state index contributed by atoms with van der Waals surface area (Å²) >= 11 is 3.09. The van der Waals surface area contributed by atoms with Gasteiger partial charge in [0.2, 0.25) is 5.96 Å². The number of hydrogen-bond acceptors (Lipinski definition) is 2. The van der Waals surface area contributed by atoms with Gasteiger partial charge in [0.15, 0.2) is 0 Å². The Bertz CT molecular complexity index is 464. The molecule has 0 aliphatic rings. The molecule has 0 atom stereocenters. The van der Waals surface area contributed by atoms with Gasteiger partial charge in [-0.2, -0.15) is 18.3 Å². The van der Waals surface area contributed by atoms with Gasteiger partial charge < -0.3 is 11.5 Å². The van der Waals surface area contributed by atoms with Gasteiger partial charge in [0.25, 0.3) is 0 Å². The lowest BCUT2D eigenvalue weighted by Crippen LogP contribution is -2.21. The highest BCUT2D eigenvalue weighted by molar-refractivity contribution is 9.10. The third-order valence-electron chi connectivity index (χ3n) is 1.69. The number of rotatable bonds is 2. The molecule has 0 heterocycles. The number of halogens is 4. The second kappa shape index (κ2) is 5.17. The predicted octanol–water partition coefficient (Wildman–Crippen LogP) is 2.08. The first-order valence-corrected chi connectivity index (χ1v) is 5.08. The molecule has 0 radical (unpaired) electrons. The number of nitrogens with zero attached hydrogens (tertiary/aromatic N) is 2. The van der Waals surface area contributed by atoms with Gasteiger partial charge in [-0.25, -0.2) is 0 Å². The fraction of sp³-hybridized carbons (Fsp3) is 0.111. The van der Waals surface area contributed by atoms with Crippen LogP contribution in [0.1, 0.15) is 11.1 Å². The van der Waals surface area contributed by atoms with Gasteiger partial charge in [-0.05, 0) is 18.2 Å². The van der Waals surface area contributed by atoms with Gasteiger partial charge >= 0.3 is 6.18 Å². The van der Waals surface area contributed by atoms with Crippen LogP contribution in [-0.4, -0.2) is 12.2 Å². The van der Waals surface area contributed by atoms with Crippen LogP contribution in [0.25, 0.3) is 0 Å². The van der Waals surface area contributed by atoms with Crippen LogP contribution in [0.2, 0.25) is 0 Å². The Hall–Kier alpha value is -1.57. The first-order valence-electron chi connectivity index (χ1n) is 4.29. The molecule has 0 amide bonds. The predicted molar refractivity (Wildman–Crippen MR) is 62.5 cm³/mol. The van der Waals surface area contributed by atoms with E-state index in [-0.39, 0.29) is 11.5 Å². The van der Waals surface area contributed by atoms with Crippen molar-refractivity contribution in [3.05, 3.63) is 33.8 Å². The zero-order chi connectivity index (χ0) is 13.1. The van der Waals surface area contributed by atoms with Crippen LogP contribution in [0.15, 0.2) is 32.9 Å². The molecule has 0 fully saturated rings. The molecule has 0 aliphatic carbocycles. The summed E-state index contributed by atoms with van der Waals surface area (Å²) in [4.78, 5) is 0. The van der Waals surface area contributed by atoms with Crippen LogP contribution >= 0.6 is 15.9 Å². The fourth-order valence-electron chi connectivity index (χ4n) is 0.977. The largest absolute Gasteiger partial charge is 0.416 e. The molecule has 4 N–H and O–H groups in total. The van der Waals surface area contributed by atoms with Crippen LogP contribution in [0.4, 0.5) is 13.2 Å². The number of hydrogen-bond donors (Lipinski definition) is 2. The molecular formula is C9H8BrF3N4. The van der Waals surface area contributed by atoms with E-state index in [1.807, 2.05) is 0 Å². The maximum Gasteiger partial charge on any atom is 0.416 e. The van der Waals surface area contributed by atoms with E-state index in [4.69, 9.17) is 11.5 Å². The van der Waals surface area contributed by atoms with Gasteiger partial charge in [0, 0.05) is 10.0 Å². The van der Waals surface area contributed by atoms with Crippen molar-refractivity contribution in [1.82, 2.24) is 0 Å². The number of alkyl halides is 3. The van der Waals surface area contributed by atoms with E-state index < -0.39 is 11.7 Å². The van der Waals surface area contributed by atoms with Crippen LogP contribution in [-0.2, 0) is 6.18 Å². The third kappa shape index (κ3) is 4.06. The summed E-state index contributed by atoms with van der Waals surface area (Å²) in [6.07, 6.45) is -3.28. The Kier molecular flexibility index (Phi) is 4.11. The molecule has 8 heteroatoms. The summed E-state index contributed by atoms with van der Waals surface area (Å²) in [5.41, 5.74) is 9.49. The van der Waals surface area contributed by atoms with Crippen molar-refractivity contribution in [2.45, 2.75) is 6.18 Å². The molecule has 1 rings (SSSR count). The SMILES string of the molecule is NC(N)=NN=Cc1cc(C(F)(F)F)ccc1Br. The Morgan fingerprint density at radius 1 is 1.29 bits per heavy atom. The normalized spacial score (nSPS) is 11.8. The van der Waals surface area contributed by atoms with Gasteiger partial charge in [0.05, 0.1) is 11.8 Å². The summed E-state index contributed by atoms with van der Waals surface area (Å²) in [7, 11) is 0. The number of nitrogens with two attached hydrogens (primary N) is 2. The standard InChI is InChI=1S/C9H8BrF3N4/c10-7-2-1-6(9(11,12)13)3-5(7)4-16-17-8(14)15/h1-4H,(H4,14,15,17). The van der Waals surface area contributed by atoms with Crippen LogP contribution < -0.4 is 11.5 Å². The lowest BCUT2D eigenvalue weighted by atomic mass is 10.1. The van der Waals surface area contributed by atoms with Gasteiger partial charge in [-0.15, -0.1) is 5.10 Å². The average molecular weight is 309 g/mol. The number of guanidine groups is 1. The fourth-order valence-corrected chi connectivity index (χ4v) is 1.33. The Morgan fingerprint density at radius 3 is 2.47 bits per heavy atom. The first-order chi connectivity index (χ1) is 7.80. The monoisotopic (exact) mass is 308 g/mol. The highest BCUT2D eigenvalue weighted by Gasteiger charge is 2.30. The van der Waals surface area contributed by atoms with Crippen molar-refractivity contribution in [2.24, 2.45) is 21.7 Å². The van der Waals surface area contributed by atoms with Crippen molar-refractivity contribution in [2.75, 3.05) is 0 Å². The summed E-state index contributed by atoms with van der Waals surface area (Å²) in [5.74, 6) is -0.274. The van der Waals surface area contributed by atoms with E-state index in [0.29, 0.717) is 4.47 Å². The van der Waals surface area contributed by atoms with E-state index in [1.54, 1.807) is 0 Å². The Morgan fingerprint density at radius 2 is 1.94 bits per heavy atom. The molecule has 1 aromatic rings. The number of benzene rings is 1. The third-order valence-corrected chi connectivity index (χ3v) is 2.42. The van der Waals surface area contributed by atoms with Crippen molar-refractivity contribution in [3.8, 4) is 0 Å². The van der Waals surface area contributed by atoms with E-state index in [1.165, 1.54) is 6.07 Å². The molecule has 0 saturated carbocycles. The van der Waals surface area contributed by atoms with E-state index in [9.17, 15) is 13.2 Å². The van der Waals surface area contributed by atoms with E-state index in [2.05, 4.69) is 26.1 Å². The summed E-state index contributed by atoms with van der Waals surface area (Å²) < 4.78 is 37.7. The van der Waals surface area contributed by atoms with Crippen molar-refractivity contribution in [3.63, 3.8) is 0 Å². The maximum absolute atomic E-state index is 12.4. The van der Waals surface area contributed by atoms with Crippen molar-refractivity contribution in [1.29, 1.82) is 0 Å². The highest BCUT2D eigenvalue weighted by Crippen LogP contribution is 2.31. The second-order valence-corrected chi connectivity index (χ2v) is 3.86. The van der Waals surface area contributed by atoms with Crippen LogP contribution in [0.3, 0.4) is 0 Å². The minimum atomic E-state index is -4.40. The van der Waals surface area contributed by atoms with Crippen LogP contribution in [0.5, 0.6) is 0 Å². The first kappa shape index (κ1) is 13.5. The lowest BCUT2D eigenvalue weighted by Gasteiger charge is -2.07. The van der Waals surface area contributed by atoms with Gasteiger partial charge in [-0.1, -0.05) is 15.9 Å². The maximum atomic E-state index is 12.4. The summed E-state index contributed by atoms with van der Waals surface area (Å²) in [5, 5.41) is 6.73. The molecule has 4 nitrogen and oxygen atoms in total. The minimum absolute atomic E-state index is 0.227. The van der Waals surface area contributed by atoms with Gasteiger partial charge in [0.1, 0.15) is 0 Å². The molecule has 17 heavy (non-hydrogen) atoms. The molecular weight excluding hydrogens is 301 g/mol. The van der Waals surface area contributed by atoms with Crippen molar-refractivity contribution >= 4 is 28.1 Å². The zero-order valence-electron chi connectivity index (χ0n) is 8.37. The van der Waals surface area contributed by atoms with E-state index in [0.717, 1.165) is 18.3 Å². The quantitative estimate of drug-likeness (QED) is 0.498. The molecule has 0 aromatic heterocycles. The molecule has 92 valence electrons. The van der Waals surface area contributed by atoms with Gasteiger partial charge in [-0.3, -0.25) is 0 Å². The topological polar surface area (TPSA) is 76.8 Å². The average Bonchev–Trinajstić information content (AvgIpc) is 2.18. The molecule has 0 aliphatic heterocycles. The smallest absolute Gasteiger partial charge is 0.369 e. The molecule has 1 aromatic carbocycles. The summed E-state index contributed by atoms with van der Waals surface area (Å²) in [6, 6.07) is 3.18. The molecule has 0 bridgehead atoms. The molecule has 0 unspecified atom stereocenters. The molecule has 0 spiro atoms. The van der Waals surface area contributed by atoms with Crippen molar-refractivity contribution < 1.29 is 13.2 Å². The minimum Gasteiger partial charge on any atom is -0.369 e. The Balaban J connectivity index is 3.08. The highest BCUT2D eigenvalue weighted by atomic mass is 79.9.